The Hall–Kier alpha value is -1.99. The van der Waals surface area contributed by atoms with Gasteiger partial charge in [-0.05, 0) is 130 Å². The smallest absolute Gasteiger partial charge is 0.0848 e. The average Bonchev–Trinajstić information content (AvgIpc) is 3.29. The van der Waals surface area contributed by atoms with Gasteiger partial charge in [0, 0.05) is 16.5 Å². The van der Waals surface area contributed by atoms with Crippen molar-refractivity contribution < 1.29 is 16.5 Å². The van der Waals surface area contributed by atoms with E-state index in [1.807, 2.05) is 0 Å². The van der Waals surface area contributed by atoms with Crippen LogP contribution in [0.4, 0.5) is 11.4 Å². The molecule has 0 unspecified atom stereocenters. The number of rotatable bonds is 43. The molecular formula is C61H104N2Ni. The van der Waals surface area contributed by atoms with Crippen molar-refractivity contribution in [1.29, 1.82) is 0 Å². The van der Waals surface area contributed by atoms with Crippen molar-refractivity contribution in [3.05, 3.63) is 70.8 Å². The monoisotopic (exact) mass is 923 g/mol. The minimum Gasteiger partial charge on any atom is -0.251 e. The first-order chi connectivity index (χ1) is 31.1. The van der Waals surface area contributed by atoms with E-state index in [2.05, 4.69) is 90.1 Å². The number of unbranched alkanes of at least 4 members (excludes halogenated alkanes) is 28. The number of hydrogen-bond acceptors (Lipinski definition) is 2. The molecule has 0 fully saturated rings. The first kappa shape index (κ1) is 60.0. The van der Waals surface area contributed by atoms with Crippen molar-refractivity contribution in [2.45, 2.75) is 292 Å². The van der Waals surface area contributed by atoms with E-state index in [4.69, 9.17) is 9.98 Å². The Morgan fingerprint density at radius 2 is 0.641 bits per heavy atom. The van der Waals surface area contributed by atoms with Crippen LogP contribution in [0.3, 0.4) is 0 Å². The van der Waals surface area contributed by atoms with Gasteiger partial charge in [-0.2, -0.15) is 0 Å². The van der Waals surface area contributed by atoms with Crippen LogP contribution in [-0.4, -0.2) is 11.4 Å². The second-order valence-corrected chi connectivity index (χ2v) is 19.6. The molecule has 0 radical (unpaired) electrons. The number of aryl methyl sites for hydroxylation is 4. The fourth-order valence-electron chi connectivity index (χ4n) is 9.06. The van der Waals surface area contributed by atoms with Crippen LogP contribution in [0.15, 0.2) is 58.5 Å². The van der Waals surface area contributed by atoms with E-state index in [1.54, 1.807) is 0 Å². The molecule has 0 spiro atoms. The Labute approximate surface area is 410 Å². The normalized spacial score (nSPS) is 12.2. The summed E-state index contributed by atoms with van der Waals surface area (Å²) in [5, 5.41) is 0. The van der Waals surface area contributed by atoms with E-state index >= 15 is 0 Å². The van der Waals surface area contributed by atoms with Gasteiger partial charge in [0.2, 0.25) is 0 Å². The molecule has 0 aliphatic heterocycles. The van der Waals surface area contributed by atoms with E-state index in [0.29, 0.717) is 0 Å². The van der Waals surface area contributed by atoms with Crippen LogP contribution in [0.2, 0.25) is 0 Å². The molecule has 0 bridgehead atoms. The predicted octanol–water partition coefficient (Wildman–Crippen LogP) is 21.0. The Morgan fingerprint density at radius 3 is 0.984 bits per heavy atom. The summed E-state index contributed by atoms with van der Waals surface area (Å²) in [5.41, 5.74) is 10.3. The summed E-state index contributed by atoms with van der Waals surface area (Å²) >= 11 is 0. The first-order valence-electron chi connectivity index (χ1n) is 28.1. The molecule has 0 heterocycles. The van der Waals surface area contributed by atoms with Crippen LogP contribution < -0.4 is 0 Å². The van der Waals surface area contributed by atoms with Crippen molar-refractivity contribution in [3.8, 4) is 0 Å². The van der Waals surface area contributed by atoms with Gasteiger partial charge >= 0.3 is 0 Å². The van der Waals surface area contributed by atoms with Crippen molar-refractivity contribution in [3.63, 3.8) is 0 Å². The molecule has 0 atom stereocenters. The molecule has 64 heavy (non-hydrogen) atoms. The molecule has 0 aliphatic rings. The van der Waals surface area contributed by atoms with E-state index in [1.165, 1.54) is 240 Å². The number of aliphatic imine (C=N–C) groups is 2. The quantitative estimate of drug-likeness (QED) is 0.0360. The summed E-state index contributed by atoms with van der Waals surface area (Å²) < 4.78 is 0. The van der Waals surface area contributed by atoms with Crippen molar-refractivity contribution in [2.24, 2.45) is 9.98 Å². The van der Waals surface area contributed by atoms with Crippen LogP contribution in [0, 0.1) is 0 Å². The number of hydrogen-bond donors (Lipinski definition) is 0. The molecule has 0 aliphatic carbocycles. The van der Waals surface area contributed by atoms with Gasteiger partial charge in [0.15, 0.2) is 0 Å². The number of nitrogens with zero attached hydrogens (tertiary/aromatic N) is 2. The Morgan fingerprint density at radius 1 is 0.344 bits per heavy atom. The molecule has 2 rings (SSSR count). The van der Waals surface area contributed by atoms with Crippen molar-refractivity contribution in [2.75, 3.05) is 0 Å². The SMILES string of the molecule is CCCCCCCCCCCCCCCCCCCCC/C=C/C(=Nc1cc(CCCC)cc(CCCC)c1)C(CCCCCCCC)=Nc1cc(CCCC)cc(CCCC)c1.[Ni]. The molecule has 0 saturated carbocycles. The number of benzene rings is 2. The molecule has 0 N–H and O–H groups in total. The zero-order chi connectivity index (χ0) is 45.3. The summed E-state index contributed by atoms with van der Waals surface area (Å²) in [6.07, 6.45) is 56.0. The van der Waals surface area contributed by atoms with Gasteiger partial charge in [-0.1, -0.05) is 233 Å². The predicted molar refractivity (Wildman–Crippen MR) is 287 cm³/mol. The molecule has 2 aromatic rings. The standard InChI is InChI=1S/C61H104N2.Ni/c1-7-13-19-21-23-24-25-26-27-28-29-30-31-32-33-34-35-36-37-39-41-47-61(63-59-52-56(44-17-11-5)49-57(53-59)45-18-12-6)60(46-40-38-22-20-14-8-2)62-58-50-54(42-15-9-3)48-55(51-58)43-16-10-4;/h41,47-53H,7-40,42-46H2,1-6H3;/b47-41+,62-60?,63-61?;. The maximum atomic E-state index is 5.61. The molecule has 0 aromatic heterocycles. The maximum Gasteiger partial charge on any atom is 0.0848 e. The van der Waals surface area contributed by atoms with Crippen LogP contribution in [0.5, 0.6) is 0 Å². The van der Waals surface area contributed by atoms with Gasteiger partial charge in [-0.3, -0.25) is 4.99 Å². The summed E-state index contributed by atoms with van der Waals surface area (Å²) in [6, 6.07) is 14.5. The van der Waals surface area contributed by atoms with Crippen LogP contribution in [0.1, 0.15) is 289 Å². The maximum absolute atomic E-state index is 5.61. The first-order valence-corrected chi connectivity index (χ1v) is 28.1. The molecule has 2 aromatic carbocycles. The molecule has 0 amide bonds. The van der Waals surface area contributed by atoms with Crippen LogP contribution >= 0.6 is 0 Å². The molecule has 2 nitrogen and oxygen atoms in total. The minimum atomic E-state index is 0. The third kappa shape index (κ3) is 31.8. The summed E-state index contributed by atoms with van der Waals surface area (Å²) in [4.78, 5) is 11.2. The summed E-state index contributed by atoms with van der Waals surface area (Å²) in [7, 11) is 0. The summed E-state index contributed by atoms with van der Waals surface area (Å²) in [6.45, 7) is 13.8. The third-order valence-corrected chi connectivity index (χ3v) is 13.2. The van der Waals surface area contributed by atoms with Gasteiger partial charge in [-0.25, -0.2) is 4.99 Å². The van der Waals surface area contributed by atoms with Crippen LogP contribution in [0.25, 0.3) is 0 Å². The Kier molecular flexibility index (Phi) is 40.9. The van der Waals surface area contributed by atoms with E-state index in [0.717, 1.165) is 55.6 Å². The zero-order valence-corrected chi connectivity index (χ0v) is 44.4. The fraction of sp³-hybridized carbons (Fsp3) is 0.738. The average molecular weight is 924 g/mol. The van der Waals surface area contributed by atoms with E-state index in [9.17, 15) is 0 Å². The molecular weight excluding hydrogens is 819 g/mol. The number of allylic oxidation sites excluding steroid dienone is 2. The zero-order valence-electron chi connectivity index (χ0n) is 43.4. The van der Waals surface area contributed by atoms with Gasteiger partial charge in [0.05, 0.1) is 22.8 Å². The third-order valence-electron chi connectivity index (χ3n) is 13.2. The van der Waals surface area contributed by atoms with Crippen LogP contribution in [-0.2, 0) is 42.2 Å². The van der Waals surface area contributed by atoms with Gasteiger partial charge in [-0.15, -0.1) is 0 Å². The molecule has 3 heteroatoms. The van der Waals surface area contributed by atoms with E-state index < -0.39 is 0 Å². The second kappa shape index (κ2) is 43.6. The Balaban J connectivity index is 0.0000205. The second-order valence-electron chi connectivity index (χ2n) is 19.6. The molecule has 0 saturated heterocycles. The van der Waals surface area contributed by atoms with Gasteiger partial charge < -0.3 is 0 Å². The van der Waals surface area contributed by atoms with Crippen molar-refractivity contribution in [1.82, 2.24) is 0 Å². The summed E-state index contributed by atoms with van der Waals surface area (Å²) in [5.74, 6) is 0. The molecule has 368 valence electrons. The fourth-order valence-corrected chi connectivity index (χ4v) is 9.06. The largest absolute Gasteiger partial charge is 0.251 e. The van der Waals surface area contributed by atoms with E-state index in [-0.39, 0.29) is 16.5 Å². The topological polar surface area (TPSA) is 24.7 Å². The Bertz CT molecular complexity index is 1400. The minimum absolute atomic E-state index is 0. The van der Waals surface area contributed by atoms with Gasteiger partial charge in [0.25, 0.3) is 0 Å². The van der Waals surface area contributed by atoms with Crippen molar-refractivity contribution >= 4 is 22.8 Å². The van der Waals surface area contributed by atoms with Gasteiger partial charge in [0.1, 0.15) is 0 Å².